The molecule has 0 fully saturated rings. The van der Waals surface area contributed by atoms with Gasteiger partial charge >= 0.3 is 0 Å². The highest BCUT2D eigenvalue weighted by Gasteiger charge is 2.20. The van der Waals surface area contributed by atoms with Gasteiger partial charge in [0.1, 0.15) is 6.20 Å². The van der Waals surface area contributed by atoms with E-state index < -0.39 is 4.92 Å². The molecule has 0 atom stereocenters. The molecule has 2 aromatic rings. The topological polar surface area (TPSA) is 65.3 Å². The van der Waals surface area contributed by atoms with Crippen molar-refractivity contribution < 1.29 is 9.66 Å². The van der Waals surface area contributed by atoms with E-state index in [4.69, 9.17) is 39.5 Å². The average Bonchev–Trinajstić information content (AvgIpc) is 2.43. The molecule has 1 aromatic heterocycles. The van der Waals surface area contributed by atoms with E-state index in [1.165, 1.54) is 19.2 Å². The lowest BCUT2D eigenvalue weighted by molar-refractivity contribution is -0.385. The minimum absolute atomic E-state index is 0.168. The number of hydrogen-bond donors (Lipinski definition) is 0. The Morgan fingerprint density at radius 1 is 1.25 bits per heavy atom. The summed E-state index contributed by atoms with van der Waals surface area (Å²) in [4.78, 5) is 14.2. The molecule has 0 radical (unpaired) electrons. The molecular weight excluding hydrogens is 327 g/mol. The molecule has 8 heteroatoms. The van der Waals surface area contributed by atoms with Crippen molar-refractivity contribution in [3.8, 4) is 17.0 Å². The van der Waals surface area contributed by atoms with E-state index in [0.29, 0.717) is 16.1 Å². The lowest BCUT2D eigenvalue weighted by atomic mass is 10.1. The highest BCUT2D eigenvalue weighted by Crippen LogP contribution is 2.43. The van der Waals surface area contributed by atoms with Crippen LogP contribution in [0.15, 0.2) is 24.4 Å². The van der Waals surface area contributed by atoms with Crippen molar-refractivity contribution in [2.24, 2.45) is 0 Å². The molecule has 0 saturated heterocycles. The van der Waals surface area contributed by atoms with Crippen LogP contribution in [0, 0.1) is 10.1 Å². The minimum atomic E-state index is -0.567. The first-order valence-corrected chi connectivity index (χ1v) is 6.41. The van der Waals surface area contributed by atoms with Crippen molar-refractivity contribution in [1.82, 2.24) is 4.98 Å². The maximum Gasteiger partial charge on any atom is 0.288 e. The molecule has 0 unspecified atom stereocenters. The van der Waals surface area contributed by atoms with Gasteiger partial charge in [0.2, 0.25) is 5.88 Å². The molecule has 104 valence electrons. The van der Waals surface area contributed by atoms with Gasteiger partial charge in [0.25, 0.3) is 5.69 Å². The van der Waals surface area contributed by atoms with Crippen molar-refractivity contribution in [1.29, 1.82) is 0 Å². The zero-order chi connectivity index (χ0) is 14.9. The number of ether oxygens (including phenoxy) is 1. The van der Waals surface area contributed by atoms with Crippen molar-refractivity contribution in [3.63, 3.8) is 0 Å². The largest absolute Gasteiger partial charge is 0.481 e. The van der Waals surface area contributed by atoms with Crippen molar-refractivity contribution in [2.75, 3.05) is 7.11 Å². The zero-order valence-corrected chi connectivity index (χ0v) is 12.3. The smallest absolute Gasteiger partial charge is 0.288 e. The van der Waals surface area contributed by atoms with Crippen LogP contribution in [0.5, 0.6) is 5.88 Å². The third-order valence-corrected chi connectivity index (χ3v) is 3.67. The van der Waals surface area contributed by atoms with Crippen LogP contribution < -0.4 is 4.74 Å². The first kappa shape index (κ1) is 14.8. The molecular formula is C12H7Cl3N2O3. The van der Waals surface area contributed by atoms with Crippen molar-refractivity contribution in [3.05, 3.63) is 49.6 Å². The summed E-state index contributed by atoms with van der Waals surface area (Å²) in [5.74, 6) is 0.168. The molecule has 0 amide bonds. The average molecular weight is 334 g/mol. The number of methoxy groups -OCH3 is 1. The molecule has 1 heterocycles. The van der Waals surface area contributed by atoms with E-state index in [9.17, 15) is 10.1 Å². The van der Waals surface area contributed by atoms with Gasteiger partial charge in [-0.3, -0.25) is 10.1 Å². The fourth-order valence-corrected chi connectivity index (χ4v) is 2.39. The first-order valence-electron chi connectivity index (χ1n) is 5.28. The van der Waals surface area contributed by atoms with Gasteiger partial charge in [0.15, 0.2) is 0 Å². The number of aromatic nitrogens is 1. The molecule has 0 aliphatic rings. The van der Waals surface area contributed by atoms with E-state index >= 15 is 0 Å². The van der Waals surface area contributed by atoms with Gasteiger partial charge in [-0.1, -0.05) is 34.8 Å². The Hall–Kier alpha value is -1.56. The van der Waals surface area contributed by atoms with Crippen LogP contribution in [-0.4, -0.2) is 17.0 Å². The lowest BCUT2D eigenvalue weighted by Crippen LogP contribution is -1.96. The summed E-state index contributed by atoms with van der Waals surface area (Å²) in [6.45, 7) is 0. The standard InChI is InChI=1S/C12H7Cl3N2O3/c1-20-12-7(4-6(5-16-12)17(18)19)10-8(13)2-3-9(14)11(10)15/h2-5H,1H3. The van der Waals surface area contributed by atoms with Crippen molar-refractivity contribution >= 4 is 40.5 Å². The van der Waals surface area contributed by atoms with Crippen LogP contribution >= 0.6 is 34.8 Å². The van der Waals surface area contributed by atoms with Crippen LogP contribution in [-0.2, 0) is 0 Å². The Morgan fingerprint density at radius 3 is 2.50 bits per heavy atom. The Kier molecular flexibility index (Phi) is 4.32. The monoisotopic (exact) mass is 332 g/mol. The Morgan fingerprint density at radius 2 is 1.90 bits per heavy atom. The number of halogens is 3. The molecule has 1 aromatic carbocycles. The van der Waals surface area contributed by atoms with E-state index in [0.717, 1.165) is 6.20 Å². The second kappa shape index (κ2) is 5.83. The SMILES string of the molecule is COc1ncc([N+](=O)[O-])cc1-c1c(Cl)ccc(Cl)c1Cl. The summed E-state index contributed by atoms with van der Waals surface area (Å²) in [7, 11) is 1.39. The van der Waals surface area contributed by atoms with Gasteiger partial charge in [-0.15, -0.1) is 0 Å². The summed E-state index contributed by atoms with van der Waals surface area (Å²) in [5.41, 5.74) is 0.445. The number of benzene rings is 1. The van der Waals surface area contributed by atoms with Gasteiger partial charge in [0.05, 0.1) is 32.7 Å². The summed E-state index contributed by atoms with van der Waals surface area (Å²) >= 11 is 18.2. The molecule has 0 bridgehead atoms. The maximum atomic E-state index is 10.9. The third-order valence-electron chi connectivity index (χ3n) is 2.55. The number of nitrogens with zero attached hydrogens (tertiary/aromatic N) is 2. The minimum Gasteiger partial charge on any atom is -0.481 e. The first-order chi connectivity index (χ1) is 9.45. The molecule has 0 spiro atoms. The molecule has 2 rings (SSSR count). The van der Waals surface area contributed by atoms with Gasteiger partial charge < -0.3 is 4.74 Å². The van der Waals surface area contributed by atoms with Crippen LogP contribution in [0.25, 0.3) is 11.1 Å². The van der Waals surface area contributed by atoms with E-state index in [1.807, 2.05) is 0 Å². The number of hydrogen-bond acceptors (Lipinski definition) is 4. The summed E-state index contributed by atoms with van der Waals surface area (Å²) in [6, 6.07) is 4.37. The predicted octanol–water partition coefficient (Wildman–Crippen LogP) is 4.63. The number of nitro groups is 1. The second-order valence-electron chi connectivity index (χ2n) is 3.73. The van der Waals surface area contributed by atoms with Gasteiger partial charge in [-0.2, -0.15) is 0 Å². The second-order valence-corrected chi connectivity index (χ2v) is 4.92. The van der Waals surface area contributed by atoms with Gasteiger partial charge in [0, 0.05) is 11.6 Å². The fourth-order valence-electron chi connectivity index (χ4n) is 1.66. The Balaban J connectivity index is 2.77. The lowest BCUT2D eigenvalue weighted by Gasteiger charge is -2.11. The highest BCUT2D eigenvalue weighted by atomic mass is 35.5. The molecule has 0 aliphatic carbocycles. The molecule has 20 heavy (non-hydrogen) atoms. The molecule has 0 aliphatic heterocycles. The van der Waals surface area contributed by atoms with Crippen LogP contribution in [0.2, 0.25) is 15.1 Å². The number of rotatable bonds is 3. The Labute approximate surface area is 129 Å². The van der Waals surface area contributed by atoms with Crippen LogP contribution in [0.1, 0.15) is 0 Å². The quantitative estimate of drug-likeness (QED) is 0.467. The van der Waals surface area contributed by atoms with Crippen LogP contribution in [0.3, 0.4) is 0 Å². The maximum absolute atomic E-state index is 10.9. The predicted molar refractivity (Wildman–Crippen MR) is 77.9 cm³/mol. The molecule has 0 saturated carbocycles. The van der Waals surface area contributed by atoms with Crippen molar-refractivity contribution in [2.45, 2.75) is 0 Å². The van der Waals surface area contributed by atoms with E-state index in [1.54, 1.807) is 6.07 Å². The van der Waals surface area contributed by atoms with E-state index in [-0.39, 0.29) is 21.6 Å². The van der Waals surface area contributed by atoms with E-state index in [2.05, 4.69) is 4.98 Å². The van der Waals surface area contributed by atoms with Crippen LogP contribution in [0.4, 0.5) is 5.69 Å². The summed E-state index contributed by atoms with van der Waals surface area (Å²) in [6.07, 6.45) is 1.09. The highest BCUT2D eigenvalue weighted by molar-refractivity contribution is 6.46. The normalized spacial score (nSPS) is 10.4. The fraction of sp³-hybridized carbons (Fsp3) is 0.0833. The summed E-state index contributed by atoms with van der Waals surface area (Å²) < 4.78 is 5.09. The van der Waals surface area contributed by atoms with Gasteiger partial charge in [-0.05, 0) is 12.1 Å². The number of pyridine rings is 1. The zero-order valence-electron chi connectivity index (χ0n) is 10.1. The Bertz CT molecular complexity index is 692. The molecule has 5 nitrogen and oxygen atoms in total. The summed E-state index contributed by atoms with van der Waals surface area (Å²) in [5, 5.41) is 11.6. The third kappa shape index (κ3) is 2.65. The molecule has 0 N–H and O–H groups in total. The van der Waals surface area contributed by atoms with Gasteiger partial charge in [-0.25, -0.2) is 4.98 Å².